The molecule has 1 aromatic carbocycles. The van der Waals surface area contributed by atoms with E-state index in [0.717, 1.165) is 32.7 Å². The lowest BCUT2D eigenvalue weighted by Gasteiger charge is -2.35. The minimum atomic E-state index is -4.21. The minimum absolute atomic E-state index is 0. The van der Waals surface area contributed by atoms with E-state index in [9.17, 15) is 17.6 Å². The molecule has 0 aliphatic carbocycles. The summed E-state index contributed by atoms with van der Waals surface area (Å²) in [5.74, 6) is -0.0429. The molecule has 28 heavy (non-hydrogen) atoms. The summed E-state index contributed by atoms with van der Waals surface area (Å²) >= 11 is 0. The zero-order valence-electron chi connectivity index (χ0n) is 16.2. The number of hydrogen-bond donors (Lipinski definition) is 2. The zero-order chi connectivity index (χ0) is 19.9. The fraction of sp³-hybridized carbons (Fsp3) is 0.611. The molecule has 0 aromatic heterocycles. The van der Waals surface area contributed by atoms with Gasteiger partial charge in [-0.3, -0.25) is 4.99 Å². The second-order valence-electron chi connectivity index (χ2n) is 6.42. The van der Waals surface area contributed by atoms with Crippen LogP contribution in [-0.4, -0.2) is 63.4 Å². The van der Waals surface area contributed by atoms with Gasteiger partial charge in [0.2, 0.25) is 0 Å². The molecule has 1 saturated heterocycles. The lowest BCUT2D eigenvalue weighted by Crippen LogP contribution is -2.46. The Morgan fingerprint density at radius 2 is 1.82 bits per heavy atom. The predicted octanol–water partition coefficient (Wildman–Crippen LogP) is 3.20. The van der Waals surface area contributed by atoms with Crippen molar-refractivity contribution in [2.24, 2.45) is 4.99 Å². The molecule has 1 aliphatic heterocycles. The van der Waals surface area contributed by atoms with Gasteiger partial charge in [-0.15, -0.1) is 24.0 Å². The fourth-order valence-electron chi connectivity index (χ4n) is 2.95. The molecule has 2 rings (SSSR count). The standard InChI is InChI=1S/C18H27F4N5.HI/c1-3-26-8-10-27(11-9-26)16-5-4-14(12-15(16)19)13-25-17(23-2)24-7-6-18(20,21)22;/h4-5,12H,3,6-11,13H2,1-2H3,(H2,23,24,25);1H. The van der Waals surface area contributed by atoms with E-state index in [1.54, 1.807) is 6.07 Å². The number of aliphatic imine (C=N–C) groups is 1. The lowest BCUT2D eigenvalue weighted by molar-refractivity contribution is -0.132. The number of halogens is 5. The molecule has 0 bridgehead atoms. The van der Waals surface area contributed by atoms with Crippen LogP contribution in [0.3, 0.4) is 0 Å². The first-order valence-corrected chi connectivity index (χ1v) is 9.09. The van der Waals surface area contributed by atoms with Gasteiger partial charge in [0.15, 0.2) is 5.96 Å². The monoisotopic (exact) mass is 517 g/mol. The molecule has 0 atom stereocenters. The number of anilines is 1. The maximum atomic E-state index is 14.5. The second kappa shape index (κ2) is 11.6. The van der Waals surface area contributed by atoms with Gasteiger partial charge in [-0.2, -0.15) is 13.2 Å². The molecule has 0 saturated carbocycles. The lowest BCUT2D eigenvalue weighted by atomic mass is 10.1. The second-order valence-corrected chi connectivity index (χ2v) is 6.42. The van der Waals surface area contributed by atoms with Gasteiger partial charge in [0, 0.05) is 46.3 Å². The fourth-order valence-corrected chi connectivity index (χ4v) is 2.95. The normalized spacial score (nSPS) is 15.9. The summed E-state index contributed by atoms with van der Waals surface area (Å²) in [6.45, 7) is 6.53. The smallest absolute Gasteiger partial charge is 0.367 e. The summed E-state index contributed by atoms with van der Waals surface area (Å²) in [5, 5.41) is 5.49. The average molecular weight is 517 g/mol. The number of nitrogens with one attached hydrogen (secondary N) is 2. The van der Waals surface area contributed by atoms with Crippen LogP contribution in [0.15, 0.2) is 23.2 Å². The van der Waals surface area contributed by atoms with Crippen molar-refractivity contribution in [1.82, 2.24) is 15.5 Å². The molecule has 5 nitrogen and oxygen atoms in total. The first kappa shape index (κ1) is 24.7. The van der Waals surface area contributed by atoms with Gasteiger partial charge in [0.25, 0.3) is 0 Å². The summed E-state index contributed by atoms with van der Waals surface area (Å²) in [7, 11) is 1.47. The molecule has 0 unspecified atom stereocenters. The van der Waals surface area contributed by atoms with E-state index in [2.05, 4.69) is 27.4 Å². The number of benzene rings is 1. The van der Waals surface area contributed by atoms with E-state index in [1.807, 2.05) is 11.0 Å². The molecule has 0 amide bonds. The van der Waals surface area contributed by atoms with Gasteiger partial charge in [-0.05, 0) is 24.2 Å². The van der Waals surface area contributed by atoms with Gasteiger partial charge in [-0.1, -0.05) is 13.0 Å². The molecule has 1 aromatic rings. The van der Waals surface area contributed by atoms with Crippen molar-refractivity contribution < 1.29 is 17.6 Å². The molecule has 1 fully saturated rings. The van der Waals surface area contributed by atoms with E-state index >= 15 is 0 Å². The van der Waals surface area contributed by atoms with Crippen LogP contribution in [0.2, 0.25) is 0 Å². The number of piperazine rings is 1. The highest BCUT2D eigenvalue weighted by molar-refractivity contribution is 14.0. The number of alkyl halides is 3. The average Bonchev–Trinajstić information content (AvgIpc) is 2.64. The summed E-state index contributed by atoms with van der Waals surface area (Å²) in [6, 6.07) is 5.03. The maximum absolute atomic E-state index is 14.5. The zero-order valence-corrected chi connectivity index (χ0v) is 18.5. The van der Waals surface area contributed by atoms with Crippen molar-refractivity contribution in [2.75, 3.05) is 51.2 Å². The summed E-state index contributed by atoms with van der Waals surface area (Å²) in [5.41, 5.74) is 1.28. The molecule has 0 radical (unpaired) electrons. The topological polar surface area (TPSA) is 42.9 Å². The van der Waals surface area contributed by atoms with Crippen molar-refractivity contribution in [3.8, 4) is 0 Å². The Hall–Kier alpha value is -1.30. The number of rotatable bonds is 6. The Kier molecular flexibility index (Phi) is 10.3. The van der Waals surface area contributed by atoms with Crippen LogP contribution in [0.4, 0.5) is 23.2 Å². The van der Waals surface area contributed by atoms with E-state index < -0.39 is 12.6 Å². The molecule has 0 spiro atoms. The van der Waals surface area contributed by atoms with Crippen LogP contribution < -0.4 is 15.5 Å². The number of guanidine groups is 1. The third-order valence-electron chi connectivity index (χ3n) is 4.56. The van der Waals surface area contributed by atoms with Crippen LogP contribution in [0, 0.1) is 5.82 Å². The Morgan fingerprint density at radius 1 is 1.14 bits per heavy atom. The number of hydrogen-bond acceptors (Lipinski definition) is 3. The Balaban J connectivity index is 0.00000392. The third kappa shape index (κ3) is 7.98. The SMILES string of the molecule is CCN1CCN(c2ccc(CNC(=NC)NCCC(F)(F)F)cc2F)CC1.I. The van der Waals surface area contributed by atoms with Crippen molar-refractivity contribution >= 4 is 35.6 Å². The van der Waals surface area contributed by atoms with Gasteiger partial charge in [0.05, 0.1) is 12.1 Å². The van der Waals surface area contributed by atoms with Crippen LogP contribution in [0.25, 0.3) is 0 Å². The number of likely N-dealkylation sites (N-methyl/N-ethyl adjacent to an activating group) is 1. The Bertz CT molecular complexity index is 631. The molecular formula is C18H28F4IN5. The van der Waals surface area contributed by atoms with Crippen LogP contribution in [0.5, 0.6) is 0 Å². The molecule has 160 valence electrons. The highest BCUT2D eigenvalue weighted by atomic mass is 127. The van der Waals surface area contributed by atoms with E-state index in [0.29, 0.717) is 11.3 Å². The molecule has 1 heterocycles. The Morgan fingerprint density at radius 3 is 2.36 bits per heavy atom. The van der Waals surface area contributed by atoms with Gasteiger partial charge >= 0.3 is 6.18 Å². The quantitative estimate of drug-likeness (QED) is 0.264. The summed E-state index contributed by atoms with van der Waals surface area (Å²) < 4.78 is 51.1. The molecule has 1 aliphatic rings. The maximum Gasteiger partial charge on any atom is 0.390 e. The van der Waals surface area contributed by atoms with Crippen LogP contribution in [-0.2, 0) is 6.54 Å². The van der Waals surface area contributed by atoms with Gasteiger partial charge in [-0.25, -0.2) is 4.39 Å². The van der Waals surface area contributed by atoms with Gasteiger partial charge < -0.3 is 20.4 Å². The molecule has 2 N–H and O–H groups in total. The van der Waals surface area contributed by atoms with Crippen molar-refractivity contribution in [3.05, 3.63) is 29.6 Å². The Labute approximate surface area is 180 Å². The van der Waals surface area contributed by atoms with Crippen molar-refractivity contribution in [1.29, 1.82) is 0 Å². The van der Waals surface area contributed by atoms with Crippen molar-refractivity contribution in [3.63, 3.8) is 0 Å². The van der Waals surface area contributed by atoms with E-state index in [4.69, 9.17) is 0 Å². The highest BCUT2D eigenvalue weighted by Crippen LogP contribution is 2.22. The largest absolute Gasteiger partial charge is 0.390 e. The number of nitrogens with zero attached hydrogens (tertiary/aromatic N) is 3. The highest BCUT2D eigenvalue weighted by Gasteiger charge is 2.26. The van der Waals surface area contributed by atoms with E-state index in [-0.39, 0.29) is 48.8 Å². The molecular weight excluding hydrogens is 489 g/mol. The first-order valence-electron chi connectivity index (χ1n) is 9.09. The van der Waals surface area contributed by atoms with Crippen LogP contribution in [0.1, 0.15) is 18.9 Å². The van der Waals surface area contributed by atoms with Crippen molar-refractivity contribution in [2.45, 2.75) is 26.1 Å². The third-order valence-corrected chi connectivity index (χ3v) is 4.56. The summed E-state index contributed by atoms with van der Waals surface area (Å²) in [6.07, 6.45) is -5.16. The predicted molar refractivity (Wildman–Crippen MR) is 115 cm³/mol. The first-order chi connectivity index (χ1) is 12.8. The molecule has 10 heteroatoms. The minimum Gasteiger partial charge on any atom is -0.367 e. The van der Waals surface area contributed by atoms with Crippen LogP contribution >= 0.6 is 24.0 Å². The van der Waals surface area contributed by atoms with Gasteiger partial charge in [0.1, 0.15) is 5.82 Å². The summed E-state index contributed by atoms with van der Waals surface area (Å²) in [4.78, 5) is 8.23. The van der Waals surface area contributed by atoms with E-state index in [1.165, 1.54) is 13.1 Å².